The molecule has 18 heavy (non-hydrogen) atoms. The van der Waals surface area contributed by atoms with Gasteiger partial charge >= 0.3 is 0 Å². The first-order valence-corrected chi connectivity index (χ1v) is 6.55. The molecule has 0 bridgehead atoms. The van der Waals surface area contributed by atoms with Crippen LogP contribution >= 0.6 is 15.9 Å². The lowest BCUT2D eigenvalue weighted by Gasteiger charge is -2.16. The third-order valence-electron chi connectivity index (χ3n) is 2.65. The summed E-state index contributed by atoms with van der Waals surface area (Å²) in [6.45, 7) is 1.77. The van der Waals surface area contributed by atoms with Crippen molar-refractivity contribution in [3.8, 4) is 0 Å². The Balaban J connectivity index is 1.96. The zero-order chi connectivity index (χ0) is 13.0. The van der Waals surface area contributed by atoms with E-state index in [1.165, 1.54) is 11.1 Å². The smallest absolute Gasteiger partial charge is 0.0410 e. The minimum atomic E-state index is 0.803. The first-order chi connectivity index (χ1) is 8.63. The number of rotatable bonds is 4. The van der Waals surface area contributed by atoms with Crippen molar-refractivity contribution >= 4 is 21.6 Å². The predicted octanol–water partition coefficient (Wildman–Crippen LogP) is 3.06. The maximum Gasteiger partial charge on any atom is 0.0410 e. The monoisotopic (exact) mass is 305 g/mol. The molecule has 94 valence electrons. The van der Waals surface area contributed by atoms with Gasteiger partial charge in [-0.2, -0.15) is 0 Å². The Labute approximate surface area is 116 Å². The molecule has 1 heterocycles. The largest absolute Gasteiger partial charge is 0.399 e. The average Bonchev–Trinajstić information content (AvgIpc) is 2.32. The van der Waals surface area contributed by atoms with Crippen molar-refractivity contribution in [3.05, 3.63) is 58.3 Å². The van der Waals surface area contributed by atoms with E-state index in [2.05, 4.69) is 51.1 Å². The highest BCUT2D eigenvalue weighted by atomic mass is 79.9. The Morgan fingerprint density at radius 2 is 1.78 bits per heavy atom. The lowest BCUT2D eigenvalue weighted by Crippen LogP contribution is -2.17. The van der Waals surface area contributed by atoms with E-state index in [-0.39, 0.29) is 0 Å². The topological polar surface area (TPSA) is 42.1 Å². The number of benzene rings is 1. The fourth-order valence-corrected chi connectivity index (χ4v) is 2.26. The molecule has 0 atom stereocenters. The van der Waals surface area contributed by atoms with Crippen LogP contribution in [0.2, 0.25) is 0 Å². The molecule has 0 amide bonds. The second-order valence-corrected chi connectivity index (χ2v) is 5.34. The van der Waals surface area contributed by atoms with Crippen molar-refractivity contribution in [2.75, 3.05) is 12.8 Å². The van der Waals surface area contributed by atoms with E-state index in [9.17, 15) is 0 Å². The molecule has 0 spiro atoms. The van der Waals surface area contributed by atoms with Crippen molar-refractivity contribution in [1.29, 1.82) is 0 Å². The van der Waals surface area contributed by atoms with Crippen molar-refractivity contribution in [3.63, 3.8) is 0 Å². The van der Waals surface area contributed by atoms with Crippen molar-refractivity contribution < 1.29 is 0 Å². The van der Waals surface area contributed by atoms with Crippen LogP contribution < -0.4 is 5.73 Å². The summed E-state index contributed by atoms with van der Waals surface area (Å²) < 4.78 is 1.01. The molecule has 0 saturated carbocycles. The van der Waals surface area contributed by atoms with Gasteiger partial charge in [0.2, 0.25) is 0 Å². The van der Waals surface area contributed by atoms with Crippen LogP contribution in [-0.4, -0.2) is 16.9 Å². The molecule has 0 aliphatic carbocycles. The lowest BCUT2D eigenvalue weighted by atomic mass is 10.2. The summed E-state index contributed by atoms with van der Waals surface area (Å²) in [4.78, 5) is 6.41. The standard InChI is InChI=1S/C14H16BrN3/c1-18(9-11-2-4-14(16)5-3-11)10-12-6-13(15)8-17-7-12/h2-8H,9-10,16H2,1H3. The van der Waals surface area contributed by atoms with Gasteiger partial charge in [0.25, 0.3) is 0 Å². The van der Waals surface area contributed by atoms with Gasteiger partial charge in [-0.05, 0) is 52.3 Å². The molecule has 4 heteroatoms. The summed E-state index contributed by atoms with van der Waals surface area (Å²) in [5.74, 6) is 0. The molecule has 1 aromatic carbocycles. The molecule has 0 fully saturated rings. The van der Waals surface area contributed by atoms with E-state index in [0.717, 1.165) is 23.2 Å². The molecule has 0 radical (unpaired) electrons. The number of nitrogens with two attached hydrogens (primary N) is 1. The summed E-state index contributed by atoms with van der Waals surface area (Å²) >= 11 is 3.43. The molecule has 0 aliphatic rings. The van der Waals surface area contributed by atoms with Crippen molar-refractivity contribution in [2.24, 2.45) is 0 Å². The minimum Gasteiger partial charge on any atom is -0.399 e. The molecule has 2 rings (SSSR count). The highest BCUT2D eigenvalue weighted by Gasteiger charge is 2.02. The first-order valence-electron chi connectivity index (χ1n) is 5.76. The van der Waals surface area contributed by atoms with E-state index >= 15 is 0 Å². The highest BCUT2D eigenvalue weighted by molar-refractivity contribution is 9.10. The number of hydrogen-bond donors (Lipinski definition) is 1. The molecule has 2 N–H and O–H groups in total. The average molecular weight is 306 g/mol. The molecule has 1 aromatic heterocycles. The summed E-state index contributed by atoms with van der Waals surface area (Å²) in [6.07, 6.45) is 3.69. The van der Waals surface area contributed by atoms with Gasteiger partial charge in [-0.3, -0.25) is 9.88 Å². The normalized spacial score (nSPS) is 10.8. The third-order valence-corrected chi connectivity index (χ3v) is 3.08. The number of halogens is 1. The van der Waals surface area contributed by atoms with Gasteiger partial charge in [-0.25, -0.2) is 0 Å². The van der Waals surface area contributed by atoms with Crippen LogP contribution in [0.5, 0.6) is 0 Å². The highest BCUT2D eigenvalue weighted by Crippen LogP contribution is 2.13. The number of pyridine rings is 1. The third kappa shape index (κ3) is 3.82. The Kier molecular flexibility index (Phi) is 4.33. The fourth-order valence-electron chi connectivity index (χ4n) is 1.84. The lowest BCUT2D eigenvalue weighted by molar-refractivity contribution is 0.318. The van der Waals surface area contributed by atoms with Gasteiger partial charge in [0.05, 0.1) is 0 Å². The van der Waals surface area contributed by atoms with Crippen LogP contribution in [0.3, 0.4) is 0 Å². The van der Waals surface area contributed by atoms with Crippen LogP contribution in [0.4, 0.5) is 5.69 Å². The van der Waals surface area contributed by atoms with Gasteiger partial charge in [-0.15, -0.1) is 0 Å². The number of nitrogens with zero attached hydrogens (tertiary/aromatic N) is 2. The summed E-state index contributed by atoms with van der Waals surface area (Å²) in [5.41, 5.74) is 8.93. The molecule has 0 aliphatic heterocycles. The zero-order valence-electron chi connectivity index (χ0n) is 10.3. The van der Waals surface area contributed by atoms with E-state index in [0.29, 0.717) is 0 Å². The molecular formula is C14H16BrN3. The fraction of sp³-hybridized carbons (Fsp3) is 0.214. The predicted molar refractivity (Wildman–Crippen MR) is 78.0 cm³/mol. The van der Waals surface area contributed by atoms with Gasteiger partial charge in [-0.1, -0.05) is 12.1 Å². The molecule has 0 unspecified atom stereocenters. The Bertz CT molecular complexity index is 511. The van der Waals surface area contributed by atoms with E-state index in [4.69, 9.17) is 5.73 Å². The molecule has 2 aromatic rings. The van der Waals surface area contributed by atoms with Gasteiger partial charge in [0.15, 0.2) is 0 Å². The maximum absolute atomic E-state index is 5.67. The molecular weight excluding hydrogens is 290 g/mol. The maximum atomic E-state index is 5.67. The van der Waals surface area contributed by atoms with Crippen LogP contribution in [0.25, 0.3) is 0 Å². The Hall–Kier alpha value is -1.39. The van der Waals surface area contributed by atoms with Crippen molar-refractivity contribution in [1.82, 2.24) is 9.88 Å². The molecule has 3 nitrogen and oxygen atoms in total. The van der Waals surface area contributed by atoms with Gasteiger partial charge < -0.3 is 5.73 Å². The van der Waals surface area contributed by atoms with E-state index < -0.39 is 0 Å². The summed E-state index contributed by atoms with van der Waals surface area (Å²) in [5, 5.41) is 0. The number of hydrogen-bond acceptors (Lipinski definition) is 3. The Morgan fingerprint density at radius 1 is 1.11 bits per heavy atom. The van der Waals surface area contributed by atoms with Crippen molar-refractivity contribution in [2.45, 2.75) is 13.1 Å². The minimum absolute atomic E-state index is 0.803. The number of nitrogen functional groups attached to an aromatic ring is 1. The first kappa shape index (κ1) is 13.1. The second kappa shape index (κ2) is 5.98. The zero-order valence-corrected chi connectivity index (χ0v) is 11.9. The second-order valence-electron chi connectivity index (χ2n) is 4.43. The van der Waals surface area contributed by atoms with Gasteiger partial charge in [0.1, 0.15) is 0 Å². The SMILES string of the molecule is CN(Cc1ccc(N)cc1)Cc1cncc(Br)c1. The van der Waals surface area contributed by atoms with Crippen LogP contribution in [-0.2, 0) is 13.1 Å². The van der Waals surface area contributed by atoms with E-state index in [1.54, 1.807) is 6.20 Å². The van der Waals surface area contributed by atoms with Gasteiger partial charge in [0, 0.05) is 35.6 Å². The molecule has 0 saturated heterocycles. The Morgan fingerprint density at radius 3 is 2.44 bits per heavy atom. The van der Waals surface area contributed by atoms with Crippen LogP contribution in [0.15, 0.2) is 47.2 Å². The van der Waals surface area contributed by atoms with Crippen LogP contribution in [0.1, 0.15) is 11.1 Å². The number of aromatic nitrogens is 1. The quantitative estimate of drug-likeness (QED) is 0.883. The number of anilines is 1. The van der Waals surface area contributed by atoms with E-state index in [1.807, 2.05) is 18.3 Å². The van der Waals surface area contributed by atoms with Crippen LogP contribution in [0, 0.1) is 0 Å². The summed E-state index contributed by atoms with van der Waals surface area (Å²) in [7, 11) is 2.09. The summed E-state index contributed by atoms with van der Waals surface area (Å²) in [6, 6.07) is 10.1.